The average Bonchev–Trinajstić information content (AvgIpc) is 2.43. The van der Waals surface area contributed by atoms with E-state index in [1.54, 1.807) is 31.2 Å². The van der Waals surface area contributed by atoms with Crippen molar-refractivity contribution in [2.75, 3.05) is 12.3 Å². The largest absolute Gasteiger partial charge is 0.493 e. The third kappa shape index (κ3) is 3.41. The Morgan fingerprint density at radius 2 is 1.90 bits per heavy atom. The maximum atomic E-state index is 13.4. The Balaban J connectivity index is 2.13. The number of aryl methyl sites for hydroxylation is 1. The molecule has 0 aliphatic carbocycles. The molecule has 0 amide bonds. The normalized spacial score (nSPS) is 10.3. The molecule has 0 radical (unpaired) electrons. The van der Waals surface area contributed by atoms with Gasteiger partial charge in [-0.15, -0.1) is 0 Å². The van der Waals surface area contributed by atoms with Crippen LogP contribution < -0.4 is 15.2 Å². The monoisotopic (exact) mass is 275 g/mol. The number of nitrogen functional groups attached to an aromatic ring is 1. The molecule has 20 heavy (non-hydrogen) atoms. The third-order valence-corrected chi connectivity index (χ3v) is 2.92. The van der Waals surface area contributed by atoms with Crippen molar-refractivity contribution in [1.82, 2.24) is 0 Å². The van der Waals surface area contributed by atoms with Crippen molar-refractivity contribution in [3.8, 4) is 11.5 Å². The highest BCUT2D eigenvalue weighted by Gasteiger charge is 2.06. The molecule has 0 bridgehead atoms. The van der Waals surface area contributed by atoms with Crippen molar-refractivity contribution in [2.24, 2.45) is 0 Å². The molecule has 4 heteroatoms. The highest BCUT2D eigenvalue weighted by molar-refractivity contribution is 5.47. The first-order valence-corrected chi connectivity index (χ1v) is 6.50. The van der Waals surface area contributed by atoms with Crippen LogP contribution in [0.2, 0.25) is 0 Å². The number of hydrogen-bond acceptors (Lipinski definition) is 3. The Kier molecular flexibility index (Phi) is 4.45. The summed E-state index contributed by atoms with van der Waals surface area (Å²) >= 11 is 0. The molecule has 0 aliphatic heterocycles. The van der Waals surface area contributed by atoms with Gasteiger partial charge in [-0.25, -0.2) is 4.39 Å². The van der Waals surface area contributed by atoms with Gasteiger partial charge in [0.25, 0.3) is 0 Å². The molecule has 2 aromatic rings. The van der Waals surface area contributed by atoms with Crippen molar-refractivity contribution >= 4 is 5.69 Å². The predicted molar refractivity (Wildman–Crippen MR) is 77.5 cm³/mol. The Hall–Kier alpha value is -2.23. The van der Waals surface area contributed by atoms with Crippen LogP contribution in [0.1, 0.15) is 18.1 Å². The number of anilines is 1. The Labute approximate surface area is 118 Å². The number of halogens is 1. The van der Waals surface area contributed by atoms with Crippen LogP contribution in [0, 0.1) is 12.7 Å². The van der Waals surface area contributed by atoms with E-state index in [1.165, 1.54) is 6.07 Å². The first-order valence-electron chi connectivity index (χ1n) is 6.50. The van der Waals surface area contributed by atoms with E-state index in [0.29, 0.717) is 23.6 Å². The standard InChI is InChI=1S/C16H18FNO2/c1-3-19-16-7-5-13(18)8-12(16)10-20-14-6-4-11(2)15(17)9-14/h4-9H,3,10,18H2,1-2H3. The van der Waals surface area contributed by atoms with Gasteiger partial charge in [-0.3, -0.25) is 0 Å². The van der Waals surface area contributed by atoms with Crippen LogP contribution >= 0.6 is 0 Å². The summed E-state index contributed by atoms with van der Waals surface area (Å²) in [6.45, 7) is 4.47. The van der Waals surface area contributed by atoms with E-state index >= 15 is 0 Å². The van der Waals surface area contributed by atoms with Crippen LogP contribution in [0.5, 0.6) is 11.5 Å². The summed E-state index contributed by atoms with van der Waals surface area (Å²) in [5.74, 6) is 0.937. The molecule has 2 rings (SSSR count). The van der Waals surface area contributed by atoms with Gasteiger partial charge in [0.2, 0.25) is 0 Å². The van der Waals surface area contributed by atoms with E-state index in [9.17, 15) is 4.39 Å². The van der Waals surface area contributed by atoms with Crippen molar-refractivity contribution in [1.29, 1.82) is 0 Å². The lowest BCUT2D eigenvalue weighted by Gasteiger charge is -2.12. The van der Waals surface area contributed by atoms with Crippen LogP contribution in [-0.2, 0) is 6.61 Å². The zero-order valence-electron chi connectivity index (χ0n) is 11.7. The molecule has 0 atom stereocenters. The van der Waals surface area contributed by atoms with Crippen LogP contribution in [0.15, 0.2) is 36.4 Å². The van der Waals surface area contributed by atoms with Crippen LogP contribution in [0.4, 0.5) is 10.1 Å². The molecule has 3 nitrogen and oxygen atoms in total. The SMILES string of the molecule is CCOc1ccc(N)cc1COc1ccc(C)c(F)c1. The highest BCUT2D eigenvalue weighted by atomic mass is 19.1. The zero-order chi connectivity index (χ0) is 14.5. The summed E-state index contributed by atoms with van der Waals surface area (Å²) in [6, 6.07) is 10.2. The zero-order valence-corrected chi connectivity index (χ0v) is 11.7. The van der Waals surface area contributed by atoms with Gasteiger partial charge in [-0.05, 0) is 43.7 Å². The molecule has 0 unspecified atom stereocenters. The molecule has 0 heterocycles. The summed E-state index contributed by atoms with van der Waals surface area (Å²) in [6.07, 6.45) is 0. The van der Waals surface area contributed by atoms with Crippen molar-refractivity contribution < 1.29 is 13.9 Å². The van der Waals surface area contributed by atoms with E-state index in [0.717, 1.165) is 11.3 Å². The maximum absolute atomic E-state index is 13.4. The Morgan fingerprint density at radius 3 is 2.60 bits per heavy atom. The molecule has 0 saturated carbocycles. The minimum Gasteiger partial charge on any atom is -0.493 e. The maximum Gasteiger partial charge on any atom is 0.129 e. The molecule has 2 aromatic carbocycles. The Morgan fingerprint density at radius 1 is 1.10 bits per heavy atom. The number of hydrogen-bond donors (Lipinski definition) is 1. The van der Waals surface area contributed by atoms with Crippen LogP contribution in [-0.4, -0.2) is 6.61 Å². The summed E-state index contributed by atoms with van der Waals surface area (Å²) in [7, 11) is 0. The first kappa shape index (κ1) is 14.2. The second kappa shape index (κ2) is 6.28. The number of benzene rings is 2. The highest BCUT2D eigenvalue weighted by Crippen LogP contribution is 2.24. The van der Waals surface area contributed by atoms with Crippen molar-refractivity contribution in [3.63, 3.8) is 0 Å². The molecule has 2 N–H and O–H groups in total. The quantitative estimate of drug-likeness (QED) is 0.846. The molecule has 0 fully saturated rings. The van der Waals surface area contributed by atoms with Gasteiger partial charge < -0.3 is 15.2 Å². The topological polar surface area (TPSA) is 44.5 Å². The van der Waals surface area contributed by atoms with Gasteiger partial charge in [0, 0.05) is 17.3 Å². The molecular weight excluding hydrogens is 257 g/mol. The fourth-order valence-electron chi connectivity index (χ4n) is 1.83. The van der Waals surface area contributed by atoms with E-state index in [-0.39, 0.29) is 12.4 Å². The molecule has 106 valence electrons. The van der Waals surface area contributed by atoms with Crippen LogP contribution in [0.25, 0.3) is 0 Å². The van der Waals surface area contributed by atoms with Gasteiger partial charge in [0.1, 0.15) is 23.9 Å². The molecular formula is C16H18FNO2. The van der Waals surface area contributed by atoms with E-state index in [2.05, 4.69) is 0 Å². The minimum absolute atomic E-state index is 0.278. The van der Waals surface area contributed by atoms with E-state index in [4.69, 9.17) is 15.2 Å². The van der Waals surface area contributed by atoms with Gasteiger partial charge in [0.05, 0.1) is 6.61 Å². The van der Waals surface area contributed by atoms with E-state index < -0.39 is 0 Å². The first-order chi connectivity index (χ1) is 9.60. The predicted octanol–water partition coefficient (Wildman–Crippen LogP) is 3.69. The van der Waals surface area contributed by atoms with Gasteiger partial charge in [-0.2, -0.15) is 0 Å². The second-order valence-electron chi connectivity index (χ2n) is 4.50. The number of ether oxygens (including phenoxy) is 2. The fourth-order valence-corrected chi connectivity index (χ4v) is 1.83. The Bertz CT molecular complexity index is 599. The molecule has 0 aliphatic rings. The van der Waals surface area contributed by atoms with Gasteiger partial charge in [0.15, 0.2) is 0 Å². The molecule has 0 aromatic heterocycles. The van der Waals surface area contributed by atoms with Gasteiger partial charge in [-0.1, -0.05) is 6.07 Å². The minimum atomic E-state index is -0.278. The summed E-state index contributed by atoms with van der Waals surface area (Å²) in [5, 5.41) is 0. The van der Waals surface area contributed by atoms with E-state index in [1.807, 2.05) is 13.0 Å². The average molecular weight is 275 g/mol. The number of rotatable bonds is 5. The molecule has 0 spiro atoms. The smallest absolute Gasteiger partial charge is 0.129 e. The second-order valence-corrected chi connectivity index (χ2v) is 4.50. The van der Waals surface area contributed by atoms with Crippen molar-refractivity contribution in [3.05, 3.63) is 53.3 Å². The van der Waals surface area contributed by atoms with Gasteiger partial charge >= 0.3 is 0 Å². The lowest BCUT2D eigenvalue weighted by Crippen LogP contribution is -2.02. The summed E-state index contributed by atoms with van der Waals surface area (Å²) in [4.78, 5) is 0. The summed E-state index contributed by atoms with van der Waals surface area (Å²) in [5.41, 5.74) is 7.84. The van der Waals surface area contributed by atoms with Crippen LogP contribution in [0.3, 0.4) is 0 Å². The number of nitrogens with two attached hydrogens (primary N) is 1. The molecule has 0 saturated heterocycles. The summed E-state index contributed by atoms with van der Waals surface area (Å²) < 4.78 is 24.6. The lowest BCUT2D eigenvalue weighted by atomic mass is 10.2. The third-order valence-electron chi connectivity index (χ3n) is 2.92. The fraction of sp³-hybridized carbons (Fsp3) is 0.250. The lowest BCUT2D eigenvalue weighted by molar-refractivity contribution is 0.285. The van der Waals surface area contributed by atoms with Crippen molar-refractivity contribution in [2.45, 2.75) is 20.5 Å².